The van der Waals surface area contributed by atoms with E-state index in [1.807, 2.05) is 0 Å². The zero-order chi connectivity index (χ0) is 12.8. The molecule has 0 bridgehead atoms. The molecule has 1 rings (SSSR count). The lowest BCUT2D eigenvalue weighted by atomic mass is 10.1. The second kappa shape index (κ2) is 6.20. The highest BCUT2D eigenvalue weighted by molar-refractivity contribution is 5.76. The number of rotatable bonds is 5. The van der Waals surface area contributed by atoms with E-state index in [-0.39, 0.29) is 12.2 Å². The van der Waals surface area contributed by atoms with Crippen molar-refractivity contribution in [2.45, 2.75) is 20.0 Å². The van der Waals surface area contributed by atoms with Gasteiger partial charge in [-0.25, -0.2) is 9.18 Å². The van der Waals surface area contributed by atoms with Crippen LogP contribution in [0.1, 0.15) is 25.5 Å². The molecular formula is C12H15FO4. The van der Waals surface area contributed by atoms with Crippen LogP contribution in [0.3, 0.4) is 0 Å². The van der Waals surface area contributed by atoms with Gasteiger partial charge >= 0.3 is 5.97 Å². The minimum Gasteiger partial charge on any atom is -0.494 e. The maximum absolute atomic E-state index is 13.6. The Hall–Kier alpha value is -1.62. The monoisotopic (exact) mass is 242 g/mol. The van der Waals surface area contributed by atoms with E-state index in [9.17, 15) is 14.3 Å². The number of hydrogen-bond donors (Lipinski definition) is 1. The second-order valence-electron chi connectivity index (χ2n) is 3.27. The summed E-state index contributed by atoms with van der Waals surface area (Å²) >= 11 is 0. The highest BCUT2D eigenvalue weighted by Gasteiger charge is 2.22. The summed E-state index contributed by atoms with van der Waals surface area (Å²) < 4.78 is 23.3. The number of halogens is 1. The quantitative estimate of drug-likeness (QED) is 0.800. The number of aliphatic hydroxyl groups is 1. The Kier molecular flexibility index (Phi) is 4.90. The van der Waals surface area contributed by atoms with Gasteiger partial charge in [0.25, 0.3) is 0 Å². The van der Waals surface area contributed by atoms with Gasteiger partial charge < -0.3 is 14.6 Å². The van der Waals surface area contributed by atoms with Crippen LogP contribution >= 0.6 is 0 Å². The van der Waals surface area contributed by atoms with Crippen LogP contribution in [0.5, 0.6) is 5.75 Å². The van der Waals surface area contributed by atoms with E-state index in [4.69, 9.17) is 4.74 Å². The largest absolute Gasteiger partial charge is 0.494 e. The van der Waals surface area contributed by atoms with Gasteiger partial charge in [-0.1, -0.05) is 0 Å². The molecule has 1 atom stereocenters. The van der Waals surface area contributed by atoms with E-state index in [2.05, 4.69) is 4.74 Å². The van der Waals surface area contributed by atoms with Gasteiger partial charge in [0.1, 0.15) is 11.6 Å². The van der Waals surface area contributed by atoms with Gasteiger partial charge in [-0.05, 0) is 26.0 Å². The van der Waals surface area contributed by atoms with Gasteiger partial charge in [-0.15, -0.1) is 0 Å². The average Bonchev–Trinajstić information content (AvgIpc) is 2.29. The lowest BCUT2D eigenvalue weighted by Gasteiger charge is -2.11. The molecule has 0 aromatic heterocycles. The summed E-state index contributed by atoms with van der Waals surface area (Å²) in [5.41, 5.74) is -0.119. The first-order valence-electron chi connectivity index (χ1n) is 5.37. The fourth-order valence-electron chi connectivity index (χ4n) is 1.33. The molecule has 0 spiro atoms. The van der Waals surface area contributed by atoms with Crippen molar-refractivity contribution in [3.05, 3.63) is 29.6 Å². The molecule has 0 unspecified atom stereocenters. The third-order valence-electron chi connectivity index (χ3n) is 2.09. The van der Waals surface area contributed by atoms with E-state index < -0.39 is 17.9 Å². The first kappa shape index (κ1) is 13.4. The third-order valence-corrected chi connectivity index (χ3v) is 2.09. The van der Waals surface area contributed by atoms with Crippen molar-refractivity contribution in [1.82, 2.24) is 0 Å². The maximum Gasteiger partial charge on any atom is 0.339 e. The molecule has 1 aromatic carbocycles. The van der Waals surface area contributed by atoms with Crippen molar-refractivity contribution >= 4 is 5.97 Å². The highest BCUT2D eigenvalue weighted by atomic mass is 19.1. The Morgan fingerprint density at radius 1 is 1.41 bits per heavy atom. The molecule has 17 heavy (non-hydrogen) atoms. The molecule has 94 valence electrons. The van der Waals surface area contributed by atoms with Crippen LogP contribution in [-0.2, 0) is 9.53 Å². The molecule has 0 saturated heterocycles. The topological polar surface area (TPSA) is 55.8 Å². The van der Waals surface area contributed by atoms with E-state index in [0.717, 1.165) is 6.07 Å². The molecule has 0 fully saturated rings. The number of ether oxygens (including phenoxy) is 2. The summed E-state index contributed by atoms with van der Waals surface area (Å²) in [5, 5.41) is 9.57. The Bertz CT molecular complexity index is 392. The van der Waals surface area contributed by atoms with Gasteiger partial charge in [0, 0.05) is 11.6 Å². The summed E-state index contributed by atoms with van der Waals surface area (Å²) in [6, 6.07) is 3.92. The van der Waals surface area contributed by atoms with Crippen LogP contribution in [-0.4, -0.2) is 24.3 Å². The molecule has 5 heteroatoms. The molecule has 1 aromatic rings. The normalized spacial score (nSPS) is 12.0. The number of aliphatic hydroxyl groups excluding tert-OH is 1. The zero-order valence-electron chi connectivity index (χ0n) is 9.77. The number of carbonyl (C=O) groups excluding carboxylic acids is 1. The molecule has 0 saturated carbocycles. The van der Waals surface area contributed by atoms with E-state index >= 15 is 0 Å². The predicted octanol–water partition coefficient (Wildman–Crippen LogP) is 1.82. The Balaban J connectivity index is 2.87. The molecule has 0 aliphatic heterocycles. The molecule has 0 amide bonds. The summed E-state index contributed by atoms with van der Waals surface area (Å²) in [5.74, 6) is -1.21. The number of carbonyl (C=O) groups is 1. The summed E-state index contributed by atoms with van der Waals surface area (Å²) in [7, 11) is 0. The first-order chi connectivity index (χ1) is 8.10. The Morgan fingerprint density at radius 2 is 2.12 bits per heavy atom. The minimum atomic E-state index is -1.61. The fourth-order valence-corrected chi connectivity index (χ4v) is 1.33. The number of hydrogen-bond acceptors (Lipinski definition) is 4. The first-order valence-corrected chi connectivity index (χ1v) is 5.37. The van der Waals surface area contributed by atoms with Crippen molar-refractivity contribution < 1.29 is 23.8 Å². The molecule has 0 heterocycles. The standard InChI is InChI=1S/C12H15FO4/c1-3-16-8-5-6-9(10(13)7-8)11(14)12(15)17-4-2/h5-7,11,14H,3-4H2,1-2H3/t11-/m1/s1. The van der Waals surface area contributed by atoms with Gasteiger partial charge in [0.15, 0.2) is 6.10 Å². The highest BCUT2D eigenvalue weighted by Crippen LogP contribution is 2.22. The van der Waals surface area contributed by atoms with E-state index in [1.165, 1.54) is 12.1 Å². The van der Waals surface area contributed by atoms with Crippen LogP contribution in [0.25, 0.3) is 0 Å². The molecular weight excluding hydrogens is 227 g/mol. The molecule has 0 radical (unpaired) electrons. The van der Waals surface area contributed by atoms with Crippen LogP contribution in [0.2, 0.25) is 0 Å². The molecule has 0 aliphatic carbocycles. The summed E-state index contributed by atoms with van der Waals surface area (Å²) in [6.45, 7) is 3.94. The fraction of sp³-hybridized carbons (Fsp3) is 0.417. The number of benzene rings is 1. The zero-order valence-corrected chi connectivity index (χ0v) is 9.77. The molecule has 0 aliphatic rings. The van der Waals surface area contributed by atoms with Crippen molar-refractivity contribution in [1.29, 1.82) is 0 Å². The lowest BCUT2D eigenvalue weighted by molar-refractivity contribution is -0.153. The van der Waals surface area contributed by atoms with Crippen LogP contribution in [0.15, 0.2) is 18.2 Å². The van der Waals surface area contributed by atoms with E-state index in [0.29, 0.717) is 12.4 Å². The predicted molar refractivity (Wildman–Crippen MR) is 59.2 cm³/mol. The van der Waals surface area contributed by atoms with Crippen LogP contribution < -0.4 is 4.74 Å². The van der Waals surface area contributed by atoms with Gasteiger partial charge in [0.05, 0.1) is 13.2 Å². The maximum atomic E-state index is 13.6. The smallest absolute Gasteiger partial charge is 0.339 e. The van der Waals surface area contributed by atoms with Crippen LogP contribution in [0, 0.1) is 5.82 Å². The lowest BCUT2D eigenvalue weighted by Crippen LogP contribution is -2.16. The number of esters is 1. The third kappa shape index (κ3) is 3.42. The Morgan fingerprint density at radius 3 is 2.65 bits per heavy atom. The van der Waals surface area contributed by atoms with Crippen molar-refractivity contribution in [3.8, 4) is 5.75 Å². The van der Waals surface area contributed by atoms with Crippen molar-refractivity contribution in [2.75, 3.05) is 13.2 Å². The summed E-state index contributed by atoms with van der Waals surface area (Å²) in [6.07, 6.45) is -1.61. The second-order valence-corrected chi connectivity index (χ2v) is 3.27. The summed E-state index contributed by atoms with van der Waals surface area (Å²) in [4.78, 5) is 11.2. The SMILES string of the molecule is CCOC(=O)[C@H](O)c1ccc(OCC)cc1F. The average molecular weight is 242 g/mol. The molecule has 1 N–H and O–H groups in total. The van der Waals surface area contributed by atoms with Crippen LogP contribution in [0.4, 0.5) is 4.39 Å². The van der Waals surface area contributed by atoms with E-state index in [1.54, 1.807) is 13.8 Å². The minimum absolute atomic E-state index is 0.119. The van der Waals surface area contributed by atoms with Gasteiger partial charge in [-0.2, -0.15) is 0 Å². The van der Waals surface area contributed by atoms with Gasteiger partial charge in [0.2, 0.25) is 0 Å². The van der Waals surface area contributed by atoms with Crippen molar-refractivity contribution in [2.24, 2.45) is 0 Å². The van der Waals surface area contributed by atoms with Gasteiger partial charge in [-0.3, -0.25) is 0 Å². The van der Waals surface area contributed by atoms with Crippen molar-refractivity contribution in [3.63, 3.8) is 0 Å². The Labute approximate surface area is 99.0 Å². The molecule has 4 nitrogen and oxygen atoms in total.